The number of amides is 2. The Morgan fingerprint density at radius 3 is 1.70 bits per heavy atom. The summed E-state index contributed by atoms with van der Waals surface area (Å²) in [4.78, 5) is 34.8. The van der Waals surface area contributed by atoms with Crippen LogP contribution in [-0.4, -0.2) is 47.0 Å². The van der Waals surface area contributed by atoms with Crippen molar-refractivity contribution < 1.29 is 27.5 Å². The summed E-state index contributed by atoms with van der Waals surface area (Å²) in [6.07, 6.45) is 0.745. The number of ether oxygens (including phenoxy) is 2. The van der Waals surface area contributed by atoms with Gasteiger partial charge < -0.3 is 9.47 Å². The van der Waals surface area contributed by atoms with Gasteiger partial charge in [-0.1, -0.05) is 12.1 Å². The minimum absolute atomic E-state index is 0.0683. The zero-order valence-corrected chi connectivity index (χ0v) is 21.1. The second-order valence-electron chi connectivity index (χ2n) is 9.67. The number of sulfone groups is 1. The van der Waals surface area contributed by atoms with Crippen LogP contribution in [0.3, 0.4) is 0 Å². The highest BCUT2D eigenvalue weighted by Gasteiger charge is 2.33. The topological polar surface area (TPSA) is 116 Å². The second kappa shape index (κ2) is 9.46. The fourth-order valence-electron chi connectivity index (χ4n) is 2.55. The fraction of sp³-hybridized carbons (Fsp3) is 0.478. The molecule has 2 amide bonds. The zero-order valence-electron chi connectivity index (χ0n) is 20.2. The number of nitrogens with zero attached hydrogens (tertiary/aromatic N) is 3. The van der Waals surface area contributed by atoms with Crippen molar-refractivity contribution in [3.63, 3.8) is 0 Å². The first kappa shape index (κ1) is 26.2. The first-order valence-corrected chi connectivity index (χ1v) is 12.0. The Morgan fingerprint density at radius 2 is 1.33 bits per heavy atom. The number of aromatic nitrogens is 2. The average Bonchev–Trinajstić information content (AvgIpc) is 2.66. The molecule has 1 heterocycles. The zero-order chi connectivity index (χ0) is 25.2. The molecule has 0 saturated carbocycles. The summed E-state index contributed by atoms with van der Waals surface area (Å²) in [6.45, 7) is 13.3. The molecule has 33 heavy (non-hydrogen) atoms. The molecule has 180 valence electrons. The molecular weight excluding hydrogens is 446 g/mol. The van der Waals surface area contributed by atoms with E-state index < -0.39 is 38.5 Å². The number of hydrogen-bond donors (Lipinski definition) is 0. The van der Waals surface area contributed by atoms with Crippen molar-refractivity contribution in [2.75, 3.05) is 4.90 Å². The summed E-state index contributed by atoms with van der Waals surface area (Å²) in [5.41, 5.74) is -0.635. The average molecular weight is 478 g/mol. The third-order valence-electron chi connectivity index (χ3n) is 4.12. The maximum absolute atomic E-state index is 12.7. The van der Waals surface area contributed by atoms with Gasteiger partial charge in [0.25, 0.3) is 0 Å². The third kappa shape index (κ3) is 6.98. The van der Waals surface area contributed by atoms with Crippen LogP contribution in [0.1, 0.15) is 55.4 Å². The largest absolute Gasteiger partial charge is 0.443 e. The third-order valence-corrected chi connectivity index (χ3v) is 6.29. The Kier molecular flexibility index (Phi) is 7.53. The first-order chi connectivity index (χ1) is 15.0. The predicted octanol–water partition coefficient (Wildman–Crippen LogP) is 5.00. The SMILES string of the molecule is CC(C)S(=O)(=O)c1ccc(-c2cnc(N(C(=O)OC(C)(C)C)C(=O)OC(C)(C)C)cn2)cc1. The van der Waals surface area contributed by atoms with E-state index in [9.17, 15) is 18.0 Å². The van der Waals surface area contributed by atoms with E-state index in [2.05, 4.69) is 9.97 Å². The monoisotopic (exact) mass is 477 g/mol. The Labute approximate surface area is 195 Å². The van der Waals surface area contributed by atoms with Gasteiger partial charge in [0.2, 0.25) is 0 Å². The lowest BCUT2D eigenvalue weighted by Crippen LogP contribution is -2.44. The molecular formula is C23H31N3O6S. The summed E-state index contributed by atoms with van der Waals surface area (Å²) in [5, 5.41) is -0.533. The van der Waals surface area contributed by atoms with Crippen molar-refractivity contribution in [2.24, 2.45) is 0 Å². The number of benzene rings is 1. The van der Waals surface area contributed by atoms with Crippen molar-refractivity contribution >= 4 is 27.8 Å². The Hall–Kier alpha value is -3.01. The van der Waals surface area contributed by atoms with Crippen LogP contribution >= 0.6 is 0 Å². The van der Waals surface area contributed by atoms with Crippen molar-refractivity contribution in [3.8, 4) is 11.3 Å². The number of carbonyl (C=O) groups is 2. The Morgan fingerprint density at radius 1 is 0.848 bits per heavy atom. The summed E-state index contributed by atoms with van der Waals surface area (Å²) in [5.74, 6) is -0.0683. The van der Waals surface area contributed by atoms with Crippen LogP contribution in [0.4, 0.5) is 15.4 Å². The molecule has 0 bridgehead atoms. The van der Waals surface area contributed by atoms with Gasteiger partial charge in [0.05, 0.1) is 28.2 Å². The van der Waals surface area contributed by atoms with Crippen LogP contribution in [0.25, 0.3) is 11.3 Å². The highest BCUT2D eigenvalue weighted by Crippen LogP contribution is 2.24. The van der Waals surface area contributed by atoms with Crippen molar-refractivity contribution in [1.82, 2.24) is 9.97 Å². The summed E-state index contributed by atoms with van der Waals surface area (Å²) in [7, 11) is -3.39. The van der Waals surface area contributed by atoms with Gasteiger partial charge >= 0.3 is 12.2 Å². The number of rotatable bonds is 4. The van der Waals surface area contributed by atoms with E-state index in [1.807, 2.05) is 0 Å². The molecule has 1 aromatic carbocycles. The molecule has 2 aromatic rings. The molecule has 2 rings (SSSR count). The molecule has 0 radical (unpaired) electrons. The van der Waals surface area contributed by atoms with Crippen molar-refractivity contribution in [2.45, 2.75) is 76.7 Å². The van der Waals surface area contributed by atoms with Gasteiger partial charge in [-0.2, -0.15) is 4.90 Å². The second-order valence-corrected chi connectivity index (χ2v) is 12.2. The predicted molar refractivity (Wildman–Crippen MR) is 125 cm³/mol. The van der Waals surface area contributed by atoms with Gasteiger partial charge in [0.1, 0.15) is 11.2 Å². The Bertz CT molecular complexity index is 1070. The summed E-state index contributed by atoms with van der Waals surface area (Å²) in [6, 6.07) is 6.26. The maximum atomic E-state index is 12.7. The smallest absolute Gasteiger partial charge is 0.425 e. The molecule has 0 atom stereocenters. The number of imide groups is 1. The molecule has 0 aliphatic carbocycles. The van der Waals surface area contributed by atoms with Crippen LogP contribution in [0.5, 0.6) is 0 Å². The molecule has 0 saturated heterocycles. The van der Waals surface area contributed by atoms with E-state index >= 15 is 0 Å². The van der Waals surface area contributed by atoms with Crippen LogP contribution < -0.4 is 4.90 Å². The van der Waals surface area contributed by atoms with E-state index in [1.165, 1.54) is 24.5 Å². The van der Waals surface area contributed by atoms with E-state index in [0.29, 0.717) is 16.2 Å². The van der Waals surface area contributed by atoms with Crippen molar-refractivity contribution in [3.05, 3.63) is 36.7 Å². The van der Waals surface area contributed by atoms with Crippen LogP contribution in [0, 0.1) is 0 Å². The standard InChI is InChI=1S/C23H31N3O6S/c1-15(2)33(29,30)17-11-9-16(10-12-17)18-13-25-19(14-24-18)26(20(27)31-22(3,4)5)21(28)32-23(6,7)8/h9-15H,1-8H3. The lowest BCUT2D eigenvalue weighted by atomic mass is 10.2. The molecule has 0 spiro atoms. The van der Waals surface area contributed by atoms with E-state index in [0.717, 1.165) is 0 Å². The molecule has 0 N–H and O–H groups in total. The lowest BCUT2D eigenvalue weighted by molar-refractivity contribution is 0.0429. The van der Waals surface area contributed by atoms with Crippen LogP contribution in [0.15, 0.2) is 41.6 Å². The molecule has 1 aromatic heterocycles. The van der Waals surface area contributed by atoms with Gasteiger partial charge in [-0.05, 0) is 67.5 Å². The summed E-state index contributed by atoms with van der Waals surface area (Å²) >= 11 is 0. The molecule has 0 aliphatic heterocycles. The lowest BCUT2D eigenvalue weighted by Gasteiger charge is -2.27. The maximum Gasteiger partial charge on any atom is 0.425 e. The van der Waals surface area contributed by atoms with Gasteiger partial charge in [-0.15, -0.1) is 0 Å². The number of carbonyl (C=O) groups excluding carboxylic acids is 2. The van der Waals surface area contributed by atoms with Gasteiger partial charge in [0, 0.05) is 5.56 Å². The Balaban J connectivity index is 2.36. The molecule has 10 heteroatoms. The van der Waals surface area contributed by atoms with E-state index in [-0.39, 0.29) is 10.7 Å². The van der Waals surface area contributed by atoms with Crippen molar-refractivity contribution in [1.29, 1.82) is 0 Å². The van der Waals surface area contributed by atoms with Crippen LogP contribution in [0.2, 0.25) is 0 Å². The first-order valence-electron chi connectivity index (χ1n) is 10.4. The molecule has 9 nitrogen and oxygen atoms in total. The van der Waals surface area contributed by atoms with Gasteiger partial charge in [0.15, 0.2) is 15.7 Å². The molecule has 0 aliphatic rings. The molecule has 0 fully saturated rings. The van der Waals surface area contributed by atoms with E-state index in [4.69, 9.17) is 9.47 Å². The fourth-order valence-corrected chi connectivity index (χ4v) is 3.61. The quantitative estimate of drug-likeness (QED) is 0.604. The number of anilines is 1. The van der Waals surface area contributed by atoms with Gasteiger partial charge in [-0.25, -0.2) is 23.0 Å². The highest BCUT2D eigenvalue weighted by atomic mass is 32.2. The minimum atomic E-state index is -3.39. The molecule has 0 unspecified atom stereocenters. The van der Waals surface area contributed by atoms with Gasteiger partial charge in [-0.3, -0.25) is 4.98 Å². The summed E-state index contributed by atoms with van der Waals surface area (Å²) < 4.78 is 35.3. The van der Waals surface area contributed by atoms with E-state index in [1.54, 1.807) is 67.5 Å². The van der Waals surface area contributed by atoms with Crippen LogP contribution in [-0.2, 0) is 19.3 Å². The normalized spacial score (nSPS) is 12.4. The number of hydrogen-bond acceptors (Lipinski definition) is 8. The highest BCUT2D eigenvalue weighted by molar-refractivity contribution is 7.92. The minimum Gasteiger partial charge on any atom is -0.443 e.